The number of amides is 1. The summed E-state index contributed by atoms with van der Waals surface area (Å²) in [7, 11) is 0. The third-order valence-corrected chi connectivity index (χ3v) is 5.22. The van der Waals surface area contributed by atoms with Crippen LogP contribution in [0.15, 0.2) is 33.9 Å². The van der Waals surface area contributed by atoms with Crippen molar-refractivity contribution in [3.8, 4) is 11.5 Å². The number of aromatic nitrogens is 4. The molecule has 1 aromatic carbocycles. The van der Waals surface area contributed by atoms with Crippen molar-refractivity contribution in [2.24, 2.45) is 0 Å². The fraction of sp³-hybridized carbons (Fsp3) is 0.312. The van der Waals surface area contributed by atoms with E-state index in [0.717, 1.165) is 16.8 Å². The summed E-state index contributed by atoms with van der Waals surface area (Å²) in [5, 5.41) is 20.1. The highest BCUT2D eigenvalue weighted by atomic mass is 32.2. The third-order valence-electron chi connectivity index (χ3n) is 3.14. The summed E-state index contributed by atoms with van der Waals surface area (Å²) in [6, 6.07) is 5.72. The van der Waals surface area contributed by atoms with Crippen LogP contribution < -0.4 is 5.32 Å². The Balaban J connectivity index is 1.55. The number of thioether (sulfide) groups is 1. The van der Waals surface area contributed by atoms with E-state index in [4.69, 9.17) is 4.42 Å². The van der Waals surface area contributed by atoms with Crippen LogP contribution in [-0.4, -0.2) is 32.1 Å². The van der Waals surface area contributed by atoms with Gasteiger partial charge in [-0.25, -0.2) is 4.39 Å². The van der Waals surface area contributed by atoms with Crippen LogP contribution >= 0.6 is 23.1 Å². The van der Waals surface area contributed by atoms with Gasteiger partial charge in [-0.2, -0.15) is 0 Å². The van der Waals surface area contributed by atoms with Gasteiger partial charge in [0.15, 0.2) is 0 Å². The normalized spacial score (nSPS) is 11.5. The van der Waals surface area contributed by atoms with Crippen molar-refractivity contribution >= 4 is 34.1 Å². The lowest BCUT2D eigenvalue weighted by Crippen LogP contribution is -2.13. The maximum absolute atomic E-state index is 12.9. The fourth-order valence-corrected chi connectivity index (χ4v) is 3.22. The molecular formula is C16H16FN5O2S2. The summed E-state index contributed by atoms with van der Waals surface area (Å²) < 4.78 is 18.4. The minimum absolute atomic E-state index is 0.0927. The van der Waals surface area contributed by atoms with Gasteiger partial charge in [-0.15, -0.1) is 20.4 Å². The zero-order valence-corrected chi connectivity index (χ0v) is 15.9. The molecule has 0 spiro atoms. The highest BCUT2D eigenvalue weighted by molar-refractivity contribution is 7.99. The number of nitrogens with zero attached hydrogens (tertiary/aromatic N) is 4. The second-order valence-corrected chi connectivity index (χ2v) is 8.28. The first-order chi connectivity index (χ1) is 12.3. The number of rotatable bonds is 5. The fourth-order valence-electron chi connectivity index (χ4n) is 1.84. The molecule has 1 amide bonds. The van der Waals surface area contributed by atoms with E-state index in [1.54, 1.807) is 12.1 Å². The molecule has 3 rings (SSSR count). The molecule has 2 heterocycles. The maximum Gasteiger partial charge on any atom is 0.277 e. The van der Waals surface area contributed by atoms with Crippen LogP contribution in [0.3, 0.4) is 0 Å². The van der Waals surface area contributed by atoms with E-state index < -0.39 is 0 Å². The predicted octanol–water partition coefficient (Wildman–Crippen LogP) is 3.76. The molecular weight excluding hydrogens is 377 g/mol. The number of carbonyl (C=O) groups excluding carboxylic acids is 1. The van der Waals surface area contributed by atoms with Crippen molar-refractivity contribution in [1.29, 1.82) is 0 Å². The van der Waals surface area contributed by atoms with Crippen molar-refractivity contribution < 1.29 is 13.6 Å². The summed E-state index contributed by atoms with van der Waals surface area (Å²) in [5.74, 6) is -0.221. The molecule has 0 radical (unpaired) electrons. The van der Waals surface area contributed by atoms with E-state index in [-0.39, 0.29) is 34.0 Å². The molecule has 0 aliphatic carbocycles. The van der Waals surface area contributed by atoms with Gasteiger partial charge in [-0.1, -0.05) is 43.9 Å². The Morgan fingerprint density at radius 1 is 1.19 bits per heavy atom. The van der Waals surface area contributed by atoms with Gasteiger partial charge in [0.2, 0.25) is 16.9 Å². The summed E-state index contributed by atoms with van der Waals surface area (Å²) >= 11 is 2.46. The Morgan fingerprint density at radius 2 is 1.92 bits per heavy atom. The van der Waals surface area contributed by atoms with Gasteiger partial charge in [0.1, 0.15) is 10.8 Å². The molecule has 10 heteroatoms. The van der Waals surface area contributed by atoms with Crippen LogP contribution in [0.4, 0.5) is 9.52 Å². The second-order valence-electron chi connectivity index (χ2n) is 6.38. The standard InChI is InChI=1S/C16H16FN5O2S2/c1-16(2,3)13-20-21-14(26-13)18-11(23)8-25-15-22-19-12(24-15)9-4-6-10(17)7-5-9/h4-7H,8H2,1-3H3,(H,18,21,23). The van der Waals surface area contributed by atoms with Crippen LogP contribution in [0.1, 0.15) is 25.8 Å². The van der Waals surface area contributed by atoms with E-state index >= 15 is 0 Å². The Kier molecular flexibility index (Phi) is 5.33. The number of nitrogens with one attached hydrogen (secondary N) is 1. The smallest absolute Gasteiger partial charge is 0.277 e. The van der Waals surface area contributed by atoms with Gasteiger partial charge >= 0.3 is 0 Å². The Bertz CT molecular complexity index is 902. The van der Waals surface area contributed by atoms with Crippen molar-refractivity contribution in [1.82, 2.24) is 20.4 Å². The molecule has 26 heavy (non-hydrogen) atoms. The molecule has 0 atom stereocenters. The number of hydrogen-bond donors (Lipinski definition) is 1. The van der Waals surface area contributed by atoms with Crippen molar-refractivity contribution in [3.05, 3.63) is 35.1 Å². The van der Waals surface area contributed by atoms with Crippen LogP contribution in [0, 0.1) is 5.82 Å². The average Bonchev–Trinajstić information content (AvgIpc) is 3.22. The zero-order chi connectivity index (χ0) is 18.7. The number of hydrogen-bond acceptors (Lipinski definition) is 8. The largest absolute Gasteiger partial charge is 0.411 e. The van der Waals surface area contributed by atoms with Crippen molar-refractivity contribution in [2.45, 2.75) is 31.4 Å². The first kappa shape index (κ1) is 18.5. The molecule has 0 unspecified atom stereocenters. The van der Waals surface area contributed by atoms with Gasteiger partial charge < -0.3 is 4.42 Å². The average molecular weight is 393 g/mol. The van der Waals surface area contributed by atoms with Crippen LogP contribution in [0.25, 0.3) is 11.5 Å². The molecule has 136 valence electrons. The summed E-state index contributed by atoms with van der Waals surface area (Å²) in [4.78, 5) is 12.0. The van der Waals surface area contributed by atoms with Gasteiger partial charge in [-0.05, 0) is 24.3 Å². The lowest BCUT2D eigenvalue weighted by molar-refractivity contribution is -0.113. The van der Waals surface area contributed by atoms with Gasteiger partial charge in [0, 0.05) is 11.0 Å². The van der Waals surface area contributed by atoms with Gasteiger partial charge in [0.05, 0.1) is 5.75 Å². The number of halogens is 1. The number of carbonyl (C=O) groups is 1. The molecule has 0 aliphatic rings. The van der Waals surface area contributed by atoms with Crippen LogP contribution in [-0.2, 0) is 10.2 Å². The summed E-state index contributed by atoms with van der Waals surface area (Å²) in [6.45, 7) is 6.09. The van der Waals surface area contributed by atoms with Gasteiger partial charge in [0.25, 0.3) is 5.22 Å². The van der Waals surface area contributed by atoms with Crippen LogP contribution in [0.2, 0.25) is 0 Å². The molecule has 0 saturated carbocycles. The van der Waals surface area contributed by atoms with Gasteiger partial charge in [-0.3, -0.25) is 10.1 Å². The molecule has 7 nitrogen and oxygen atoms in total. The lowest BCUT2D eigenvalue weighted by Gasteiger charge is -2.12. The second kappa shape index (κ2) is 7.50. The van der Waals surface area contributed by atoms with E-state index in [9.17, 15) is 9.18 Å². The minimum Gasteiger partial charge on any atom is -0.411 e. The van der Waals surface area contributed by atoms with Crippen LogP contribution in [0.5, 0.6) is 0 Å². The highest BCUT2D eigenvalue weighted by Gasteiger charge is 2.20. The Hall–Kier alpha value is -2.33. The molecule has 0 fully saturated rings. The first-order valence-electron chi connectivity index (χ1n) is 7.67. The van der Waals surface area contributed by atoms with E-state index in [0.29, 0.717) is 10.7 Å². The third kappa shape index (κ3) is 4.64. The Labute approximate surface area is 157 Å². The monoisotopic (exact) mass is 393 g/mol. The van der Waals surface area contributed by atoms with E-state index in [2.05, 4.69) is 25.7 Å². The highest BCUT2D eigenvalue weighted by Crippen LogP contribution is 2.28. The van der Waals surface area contributed by atoms with E-state index in [1.807, 2.05) is 20.8 Å². The Morgan fingerprint density at radius 3 is 2.58 bits per heavy atom. The summed E-state index contributed by atoms with van der Waals surface area (Å²) in [6.07, 6.45) is 0. The van der Waals surface area contributed by atoms with E-state index in [1.165, 1.54) is 23.5 Å². The molecule has 0 bridgehead atoms. The molecule has 0 saturated heterocycles. The lowest BCUT2D eigenvalue weighted by atomic mass is 9.98. The predicted molar refractivity (Wildman–Crippen MR) is 97.7 cm³/mol. The topological polar surface area (TPSA) is 93.8 Å². The maximum atomic E-state index is 12.9. The quantitative estimate of drug-likeness (QED) is 0.660. The summed E-state index contributed by atoms with van der Waals surface area (Å²) in [5.41, 5.74) is 0.495. The number of anilines is 1. The molecule has 1 N–H and O–H groups in total. The SMILES string of the molecule is CC(C)(C)c1nnc(NC(=O)CSc2nnc(-c3ccc(F)cc3)o2)s1. The molecule has 0 aliphatic heterocycles. The molecule has 3 aromatic rings. The number of benzene rings is 1. The molecule has 2 aromatic heterocycles. The van der Waals surface area contributed by atoms with Crippen molar-refractivity contribution in [3.63, 3.8) is 0 Å². The first-order valence-corrected chi connectivity index (χ1v) is 9.47. The van der Waals surface area contributed by atoms with Crippen molar-refractivity contribution in [2.75, 3.05) is 11.1 Å². The zero-order valence-electron chi connectivity index (χ0n) is 14.3. The minimum atomic E-state index is -0.342.